The summed E-state index contributed by atoms with van der Waals surface area (Å²) in [7, 11) is 1.57. The second kappa shape index (κ2) is 11.0. The molecule has 0 spiro atoms. The predicted octanol–water partition coefficient (Wildman–Crippen LogP) is 5.66. The molecular weight excluding hydrogens is 441 g/mol. The van der Waals surface area contributed by atoms with Gasteiger partial charge in [0.1, 0.15) is 11.6 Å². The third-order valence-corrected chi connectivity index (χ3v) is 8.21. The number of hydrogen-bond donors (Lipinski definition) is 2. The number of anilines is 2. The first-order valence-electron chi connectivity index (χ1n) is 13.3. The zero-order valence-electron chi connectivity index (χ0n) is 20.8. The highest BCUT2D eigenvalue weighted by Crippen LogP contribution is 2.34. The molecule has 2 fully saturated rings. The number of ether oxygens (including phenoxy) is 1. The molecule has 1 saturated carbocycles. The number of fused-ring (bicyclic) bond motifs is 1. The molecule has 5 rings (SSSR count). The quantitative estimate of drug-likeness (QED) is 0.537. The van der Waals surface area contributed by atoms with Gasteiger partial charge in [0.2, 0.25) is 0 Å². The van der Waals surface area contributed by atoms with Crippen molar-refractivity contribution in [2.75, 3.05) is 30.8 Å². The third kappa shape index (κ3) is 5.48. The third-order valence-electron chi connectivity index (χ3n) is 8.21. The average Bonchev–Trinajstić information content (AvgIpc) is 2.91. The molecule has 2 aromatic rings. The highest BCUT2D eigenvalue weighted by Gasteiger charge is 2.40. The van der Waals surface area contributed by atoms with Crippen LogP contribution in [0.3, 0.4) is 0 Å². The van der Waals surface area contributed by atoms with Crippen LogP contribution in [0.1, 0.15) is 56.9 Å². The number of rotatable bonds is 7. The Hall–Kier alpha value is -2.60. The molecule has 2 aromatic carbocycles. The Morgan fingerprint density at radius 1 is 1.06 bits per heavy atom. The Bertz CT molecular complexity index is 1010. The van der Waals surface area contributed by atoms with E-state index in [2.05, 4.69) is 39.8 Å². The van der Waals surface area contributed by atoms with Crippen LogP contribution in [0.5, 0.6) is 5.75 Å². The van der Waals surface area contributed by atoms with Gasteiger partial charge in [-0.15, -0.1) is 0 Å². The Morgan fingerprint density at radius 2 is 1.83 bits per heavy atom. The van der Waals surface area contributed by atoms with Crippen LogP contribution in [0.15, 0.2) is 42.5 Å². The lowest BCUT2D eigenvalue weighted by Gasteiger charge is -2.44. The molecule has 2 aliphatic heterocycles. The van der Waals surface area contributed by atoms with Gasteiger partial charge in [-0.05, 0) is 62.3 Å². The van der Waals surface area contributed by atoms with Crippen molar-refractivity contribution in [2.24, 2.45) is 5.92 Å². The summed E-state index contributed by atoms with van der Waals surface area (Å²) in [5, 5.41) is 7.31. The number of carbonyl (C=O) groups excluding carboxylic acids is 1. The van der Waals surface area contributed by atoms with Gasteiger partial charge < -0.3 is 15.4 Å². The van der Waals surface area contributed by atoms with Crippen molar-refractivity contribution in [3.63, 3.8) is 0 Å². The average molecular weight is 480 g/mol. The normalized spacial score (nSPS) is 22.6. The van der Waals surface area contributed by atoms with E-state index in [9.17, 15) is 9.18 Å². The van der Waals surface area contributed by atoms with E-state index in [-0.39, 0.29) is 29.9 Å². The molecule has 2 heterocycles. The number of halogens is 1. The van der Waals surface area contributed by atoms with E-state index < -0.39 is 0 Å². The molecule has 5 nitrogen and oxygen atoms in total. The van der Waals surface area contributed by atoms with E-state index in [4.69, 9.17) is 4.74 Å². The summed E-state index contributed by atoms with van der Waals surface area (Å²) in [5.41, 5.74) is 3.36. The molecule has 2 atom stereocenters. The summed E-state index contributed by atoms with van der Waals surface area (Å²) < 4.78 is 19.0. The van der Waals surface area contributed by atoms with Crippen molar-refractivity contribution in [3.05, 3.63) is 53.8 Å². The van der Waals surface area contributed by atoms with Crippen molar-refractivity contribution in [2.45, 2.75) is 75.9 Å². The van der Waals surface area contributed by atoms with Gasteiger partial charge in [0.05, 0.1) is 18.8 Å². The van der Waals surface area contributed by atoms with Gasteiger partial charge in [0.15, 0.2) is 5.78 Å². The van der Waals surface area contributed by atoms with Crippen LogP contribution in [0.4, 0.5) is 15.8 Å². The van der Waals surface area contributed by atoms with E-state index in [1.807, 2.05) is 0 Å². The monoisotopic (exact) mass is 479 g/mol. The van der Waals surface area contributed by atoms with Crippen LogP contribution in [-0.4, -0.2) is 49.0 Å². The number of aryl methyl sites for hydroxylation is 1. The lowest BCUT2D eigenvalue weighted by molar-refractivity contribution is -0.130. The van der Waals surface area contributed by atoms with Crippen molar-refractivity contribution >= 4 is 17.2 Å². The standard InChI is InChI=1S/C29H38FN3O2/c1-35-27-19-22(30)12-14-25(27)31-23-15-17-33(18-16-23)28(29(34)21-8-3-2-4-9-21)26-13-11-20-7-5-6-10-24(20)32-26/h5-7,10,12,14,19,21,23,26,28,31-32H,2-4,8-9,11,13,15-18H2,1H3. The highest BCUT2D eigenvalue weighted by atomic mass is 19.1. The van der Waals surface area contributed by atoms with Gasteiger partial charge in [-0.3, -0.25) is 9.69 Å². The molecule has 188 valence electrons. The predicted molar refractivity (Wildman–Crippen MR) is 139 cm³/mol. The molecule has 3 aliphatic rings. The number of carbonyl (C=O) groups is 1. The number of hydrogen-bond acceptors (Lipinski definition) is 5. The largest absolute Gasteiger partial charge is 0.494 e. The number of nitrogens with zero attached hydrogens (tertiary/aromatic N) is 1. The minimum Gasteiger partial charge on any atom is -0.494 e. The molecule has 0 bridgehead atoms. The fraction of sp³-hybridized carbons (Fsp3) is 0.552. The maximum absolute atomic E-state index is 13.9. The topological polar surface area (TPSA) is 53.6 Å². The minimum atomic E-state index is -0.298. The lowest BCUT2D eigenvalue weighted by Crippen LogP contribution is -2.57. The summed E-state index contributed by atoms with van der Waals surface area (Å²) >= 11 is 0. The van der Waals surface area contributed by atoms with Gasteiger partial charge >= 0.3 is 0 Å². The Labute approximate surface area is 208 Å². The van der Waals surface area contributed by atoms with Crippen LogP contribution in [0, 0.1) is 11.7 Å². The molecule has 2 unspecified atom stereocenters. The summed E-state index contributed by atoms with van der Waals surface area (Å²) in [6, 6.07) is 13.5. The van der Waals surface area contributed by atoms with E-state index in [0.717, 1.165) is 57.3 Å². The van der Waals surface area contributed by atoms with Crippen molar-refractivity contribution < 1.29 is 13.9 Å². The maximum atomic E-state index is 13.9. The Morgan fingerprint density at radius 3 is 2.60 bits per heavy atom. The van der Waals surface area contributed by atoms with Crippen LogP contribution >= 0.6 is 0 Å². The fourth-order valence-electron chi connectivity index (χ4n) is 6.29. The van der Waals surface area contributed by atoms with Crippen LogP contribution in [0.25, 0.3) is 0 Å². The summed E-state index contributed by atoms with van der Waals surface area (Å²) in [4.78, 5) is 16.4. The number of Topliss-reactive ketones (excluding diaryl/α,β-unsaturated/α-hetero) is 1. The van der Waals surface area contributed by atoms with Gasteiger partial charge in [-0.2, -0.15) is 0 Å². The van der Waals surface area contributed by atoms with Gasteiger partial charge in [0.25, 0.3) is 0 Å². The molecule has 0 aromatic heterocycles. The first-order valence-corrected chi connectivity index (χ1v) is 13.3. The number of para-hydroxylation sites is 1. The number of piperidine rings is 1. The van der Waals surface area contributed by atoms with Gasteiger partial charge in [-0.25, -0.2) is 4.39 Å². The lowest BCUT2D eigenvalue weighted by atomic mass is 9.79. The zero-order valence-corrected chi connectivity index (χ0v) is 20.8. The number of ketones is 1. The zero-order chi connectivity index (χ0) is 24.2. The molecule has 35 heavy (non-hydrogen) atoms. The molecule has 1 aliphatic carbocycles. The number of nitrogens with one attached hydrogen (secondary N) is 2. The van der Waals surface area contributed by atoms with E-state index >= 15 is 0 Å². The summed E-state index contributed by atoms with van der Waals surface area (Å²) in [6.45, 7) is 1.76. The Kier molecular flexibility index (Phi) is 7.57. The fourth-order valence-corrected chi connectivity index (χ4v) is 6.29. The molecule has 0 amide bonds. The van der Waals surface area contributed by atoms with Crippen molar-refractivity contribution in [3.8, 4) is 5.75 Å². The van der Waals surface area contributed by atoms with Crippen LogP contribution in [0.2, 0.25) is 0 Å². The molecule has 2 N–H and O–H groups in total. The number of likely N-dealkylation sites (tertiary alicyclic amines) is 1. The van der Waals surface area contributed by atoms with Gasteiger partial charge in [0, 0.05) is 42.8 Å². The van der Waals surface area contributed by atoms with Crippen molar-refractivity contribution in [1.29, 1.82) is 0 Å². The summed E-state index contributed by atoms with van der Waals surface area (Å²) in [5.74, 6) is 0.885. The van der Waals surface area contributed by atoms with Crippen molar-refractivity contribution in [1.82, 2.24) is 4.90 Å². The molecule has 1 saturated heterocycles. The van der Waals surface area contributed by atoms with Crippen LogP contribution in [-0.2, 0) is 11.2 Å². The van der Waals surface area contributed by atoms with Gasteiger partial charge in [-0.1, -0.05) is 37.5 Å². The smallest absolute Gasteiger partial charge is 0.155 e. The number of benzene rings is 2. The first-order chi connectivity index (χ1) is 17.1. The first kappa shape index (κ1) is 24.1. The maximum Gasteiger partial charge on any atom is 0.155 e. The number of methoxy groups -OCH3 is 1. The molecule has 0 radical (unpaired) electrons. The second-order valence-corrected chi connectivity index (χ2v) is 10.4. The Balaban J connectivity index is 1.29. The van der Waals surface area contributed by atoms with E-state index in [1.54, 1.807) is 13.2 Å². The minimum absolute atomic E-state index is 0.0761. The van der Waals surface area contributed by atoms with E-state index in [1.165, 1.54) is 42.6 Å². The second-order valence-electron chi connectivity index (χ2n) is 10.4. The van der Waals surface area contributed by atoms with Crippen LogP contribution < -0.4 is 15.4 Å². The SMILES string of the molecule is COc1cc(F)ccc1NC1CCN(C(C(=O)C2CCCCC2)C2CCc3ccccc3N2)CC1. The highest BCUT2D eigenvalue weighted by molar-refractivity contribution is 5.88. The van der Waals surface area contributed by atoms with E-state index in [0.29, 0.717) is 11.5 Å². The molecule has 6 heteroatoms. The molecular formula is C29H38FN3O2. The summed E-state index contributed by atoms with van der Waals surface area (Å²) in [6.07, 6.45) is 9.59.